The van der Waals surface area contributed by atoms with Crippen LogP contribution in [0.1, 0.15) is 24.8 Å². The Kier molecular flexibility index (Phi) is 5.94. The van der Waals surface area contributed by atoms with Gasteiger partial charge in [-0.05, 0) is 48.1 Å². The summed E-state index contributed by atoms with van der Waals surface area (Å²) in [6.45, 7) is -0.490. The highest BCUT2D eigenvalue weighted by molar-refractivity contribution is 7.90. The molecule has 3 aliphatic rings. The van der Waals surface area contributed by atoms with E-state index in [-0.39, 0.29) is 6.42 Å². The van der Waals surface area contributed by atoms with E-state index in [9.17, 15) is 17.6 Å². The van der Waals surface area contributed by atoms with Gasteiger partial charge in [0.1, 0.15) is 18.0 Å². The lowest BCUT2D eigenvalue weighted by atomic mass is 9.96. The number of amides is 1. The van der Waals surface area contributed by atoms with Crippen molar-refractivity contribution in [2.75, 3.05) is 13.2 Å². The van der Waals surface area contributed by atoms with E-state index in [2.05, 4.69) is 4.72 Å². The highest BCUT2D eigenvalue weighted by atomic mass is 32.2. The molecular weight excluding hydrogens is 469 g/mol. The molecule has 182 valence electrons. The maximum Gasteiger partial charge on any atom is 0.283 e. The summed E-state index contributed by atoms with van der Waals surface area (Å²) < 4.78 is 76.6. The number of sulfonamides is 1. The first-order valence-electron chi connectivity index (χ1n) is 11.3. The second-order valence-corrected chi connectivity index (χ2v) is 11.2. The van der Waals surface area contributed by atoms with Crippen LogP contribution < -0.4 is 4.72 Å². The molecule has 34 heavy (non-hydrogen) atoms. The van der Waals surface area contributed by atoms with Crippen LogP contribution in [0, 0.1) is 5.82 Å². The van der Waals surface area contributed by atoms with Gasteiger partial charge in [-0.25, -0.2) is 26.3 Å². The molecule has 2 aromatic carbocycles. The Morgan fingerprint density at radius 3 is 2.38 bits per heavy atom. The number of benzene rings is 2. The quantitative estimate of drug-likeness (QED) is 0.642. The number of nitrogens with zero attached hydrogens (tertiary/aromatic N) is 1. The van der Waals surface area contributed by atoms with Gasteiger partial charge < -0.3 is 9.64 Å². The molecule has 1 aliphatic carbocycles. The van der Waals surface area contributed by atoms with E-state index in [0.29, 0.717) is 42.6 Å². The van der Waals surface area contributed by atoms with Crippen LogP contribution in [-0.4, -0.2) is 61.7 Å². The second-order valence-electron chi connectivity index (χ2n) is 9.20. The molecule has 0 aromatic heterocycles. The van der Waals surface area contributed by atoms with E-state index in [1.807, 2.05) is 0 Å². The summed E-state index contributed by atoms with van der Waals surface area (Å²) in [4.78, 5) is 14.0. The first-order valence-corrected chi connectivity index (χ1v) is 12.8. The summed E-state index contributed by atoms with van der Waals surface area (Å²) in [5.41, 5.74) is 1.95. The highest BCUT2D eigenvalue weighted by Crippen LogP contribution is 2.38. The second kappa shape index (κ2) is 8.66. The van der Waals surface area contributed by atoms with Gasteiger partial charge >= 0.3 is 0 Å². The predicted octanol–water partition coefficient (Wildman–Crippen LogP) is 3.12. The summed E-state index contributed by atoms with van der Waals surface area (Å²) in [5, 5.41) is -0.667. The van der Waals surface area contributed by atoms with Crippen molar-refractivity contribution in [3.63, 3.8) is 0 Å². The number of hydrogen-bond acceptors (Lipinski definition) is 4. The average Bonchev–Trinajstić information content (AvgIpc) is 3.57. The molecule has 1 N–H and O–H groups in total. The fourth-order valence-corrected chi connectivity index (χ4v) is 6.23. The van der Waals surface area contributed by atoms with Crippen LogP contribution in [0.25, 0.3) is 11.1 Å². The fraction of sp³-hybridized carbons (Fsp3) is 0.458. The Hall–Kier alpha value is -2.43. The van der Waals surface area contributed by atoms with Gasteiger partial charge in [0.25, 0.3) is 11.8 Å². The van der Waals surface area contributed by atoms with Crippen molar-refractivity contribution in [1.82, 2.24) is 9.62 Å². The minimum absolute atomic E-state index is 0.00899. The fourth-order valence-electron chi connectivity index (χ4n) is 4.59. The van der Waals surface area contributed by atoms with Crippen molar-refractivity contribution in [1.29, 1.82) is 0 Å². The van der Waals surface area contributed by atoms with E-state index >= 15 is 8.78 Å². The van der Waals surface area contributed by atoms with E-state index < -0.39 is 57.7 Å². The standard InChI is InChI=1S/C24H25F3N2O4S/c25-18-6-2-5-17(13-18)16-4-1-3-15(11-16)12-20-22(28-34(31,32)19-7-8-19)24(26,27)14-29(20)23(30)21-9-10-33-21/h1-6,11,13,19-22,28H,7-10,12,14H2/t20-,21?,22+/m0/s1. The van der Waals surface area contributed by atoms with Crippen LogP contribution in [0.15, 0.2) is 48.5 Å². The minimum atomic E-state index is -3.92. The Labute approximate surface area is 196 Å². The molecule has 5 rings (SSSR count). The average molecular weight is 495 g/mol. The summed E-state index contributed by atoms with van der Waals surface area (Å²) in [7, 11) is -3.92. The Bertz CT molecular complexity index is 1200. The molecule has 10 heteroatoms. The SMILES string of the molecule is O=C(C1CCO1)N1CC(F)(F)[C@H](NS(=O)(=O)C2CC2)[C@@H]1Cc1cccc(-c2cccc(F)c2)c1. The third-order valence-corrected chi connectivity index (χ3v) is 8.59. The molecule has 0 spiro atoms. The van der Waals surface area contributed by atoms with Crippen molar-refractivity contribution in [2.45, 2.75) is 55.0 Å². The molecule has 2 heterocycles. The zero-order valence-electron chi connectivity index (χ0n) is 18.3. The molecular formula is C24H25F3N2O4S. The van der Waals surface area contributed by atoms with Gasteiger partial charge in [0.2, 0.25) is 10.0 Å². The van der Waals surface area contributed by atoms with Crippen LogP contribution in [0.3, 0.4) is 0 Å². The van der Waals surface area contributed by atoms with Gasteiger partial charge in [0.15, 0.2) is 0 Å². The zero-order valence-corrected chi connectivity index (χ0v) is 19.1. The first-order chi connectivity index (χ1) is 16.1. The van der Waals surface area contributed by atoms with Crippen molar-refractivity contribution in [2.24, 2.45) is 0 Å². The van der Waals surface area contributed by atoms with Crippen LogP contribution in [0.5, 0.6) is 0 Å². The molecule has 6 nitrogen and oxygen atoms in total. The van der Waals surface area contributed by atoms with Crippen molar-refractivity contribution in [3.8, 4) is 11.1 Å². The number of carbonyl (C=O) groups excluding carboxylic acids is 1. The van der Waals surface area contributed by atoms with Gasteiger partial charge in [-0.1, -0.05) is 36.4 Å². The monoisotopic (exact) mass is 494 g/mol. The predicted molar refractivity (Wildman–Crippen MR) is 119 cm³/mol. The number of hydrogen-bond donors (Lipinski definition) is 1. The molecule has 3 fully saturated rings. The summed E-state index contributed by atoms with van der Waals surface area (Å²) in [6.07, 6.45) is 0.547. The van der Waals surface area contributed by atoms with Gasteiger partial charge in [-0.2, -0.15) is 0 Å². The van der Waals surface area contributed by atoms with Gasteiger partial charge in [0, 0.05) is 6.42 Å². The van der Waals surface area contributed by atoms with E-state index in [4.69, 9.17) is 4.74 Å². The number of carbonyl (C=O) groups is 1. The highest BCUT2D eigenvalue weighted by Gasteiger charge is 2.58. The number of likely N-dealkylation sites (tertiary alicyclic amines) is 1. The van der Waals surface area contributed by atoms with Crippen LogP contribution >= 0.6 is 0 Å². The lowest BCUT2D eigenvalue weighted by Gasteiger charge is -2.34. The number of nitrogens with one attached hydrogen (secondary N) is 1. The maximum atomic E-state index is 15.2. The van der Waals surface area contributed by atoms with E-state index in [1.165, 1.54) is 12.1 Å². The molecule has 1 saturated carbocycles. The summed E-state index contributed by atoms with van der Waals surface area (Å²) in [6, 6.07) is 10.2. The maximum absolute atomic E-state index is 15.2. The van der Waals surface area contributed by atoms with Crippen molar-refractivity contribution in [3.05, 3.63) is 59.9 Å². The van der Waals surface area contributed by atoms with Crippen LogP contribution in [-0.2, 0) is 26.0 Å². The van der Waals surface area contributed by atoms with E-state index in [0.717, 1.165) is 4.90 Å². The summed E-state index contributed by atoms with van der Waals surface area (Å²) in [5.74, 6) is -4.39. The van der Waals surface area contributed by atoms with Gasteiger partial charge in [0.05, 0.1) is 24.4 Å². The van der Waals surface area contributed by atoms with Crippen LogP contribution in [0.2, 0.25) is 0 Å². The number of ether oxygens (including phenoxy) is 1. The largest absolute Gasteiger partial charge is 0.368 e. The minimum Gasteiger partial charge on any atom is -0.368 e. The molecule has 1 amide bonds. The number of rotatable bonds is 7. The Morgan fingerprint density at radius 2 is 1.76 bits per heavy atom. The number of halogens is 3. The normalized spacial score (nSPS) is 26.3. The Morgan fingerprint density at radius 1 is 1.09 bits per heavy atom. The lowest BCUT2D eigenvalue weighted by Crippen LogP contribution is -2.54. The lowest BCUT2D eigenvalue weighted by molar-refractivity contribution is -0.158. The van der Waals surface area contributed by atoms with Gasteiger partial charge in [-0.3, -0.25) is 4.79 Å². The van der Waals surface area contributed by atoms with Crippen LogP contribution in [0.4, 0.5) is 13.2 Å². The molecule has 3 atom stereocenters. The van der Waals surface area contributed by atoms with Crippen molar-refractivity contribution < 1.29 is 31.1 Å². The summed E-state index contributed by atoms with van der Waals surface area (Å²) >= 11 is 0. The number of alkyl halides is 2. The topological polar surface area (TPSA) is 75.7 Å². The smallest absolute Gasteiger partial charge is 0.283 e. The first kappa shape index (κ1) is 23.3. The zero-order chi connectivity index (χ0) is 24.1. The molecule has 2 aliphatic heterocycles. The van der Waals surface area contributed by atoms with E-state index in [1.54, 1.807) is 36.4 Å². The molecule has 2 aromatic rings. The third kappa shape index (κ3) is 4.58. The third-order valence-electron chi connectivity index (χ3n) is 6.66. The Balaban J connectivity index is 1.47. The molecule has 1 unspecified atom stereocenters. The molecule has 0 radical (unpaired) electrons. The molecule has 2 saturated heterocycles. The van der Waals surface area contributed by atoms with Crippen molar-refractivity contribution >= 4 is 15.9 Å². The molecule has 0 bridgehead atoms. The van der Waals surface area contributed by atoms with Gasteiger partial charge in [-0.15, -0.1) is 0 Å².